The lowest BCUT2D eigenvalue weighted by molar-refractivity contribution is -0.135. The molecule has 1 saturated heterocycles. The van der Waals surface area contributed by atoms with Crippen molar-refractivity contribution in [1.29, 1.82) is 0 Å². The summed E-state index contributed by atoms with van der Waals surface area (Å²) in [6.07, 6.45) is 3.99. The van der Waals surface area contributed by atoms with Crippen LogP contribution >= 0.6 is 31.9 Å². The van der Waals surface area contributed by atoms with Crippen molar-refractivity contribution in [3.63, 3.8) is 0 Å². The summed E-state index contributed by atoms with van der Waals surface area (Å²) in [5, 5.41) is 11.5. The fourth-order valence-corrected chi connectivity index (χ4v) is 9.46. The molecule has 1 N–H and O–H groups in total. The number of hydrogen-bond donors (Lipinski definition) is 1. The van der Waals surface area contributed by atoms with Crippen LogP contribution < -0.4 is 4.90 Å². The number of allylic oxidation sites excluding steroid dienone is 4. The standard InChI is InChI=1S/C40H29Br2NO5/c41-24-11-14-26(15-12-24)43-38(47)28-17-16-27-30(35(28)39(43)48)20-32-37(46)29(22-7-3-1-4-8-22)21-34(45)40(32,23-9-5-2-6-10-23)36(27)31-19-25(42)13-18-33(31)44/h1-16,18-19,21,28,30,32,35-36,44H,17,20H2. The first-order chi connectivity index (χ1) is 23.2. The zero-order valence-corrected chi connectivity index (χ0v) is 28.7. The van der Waals surface area contributed by atoms with Crippen molar-refractivity contribution < 1.29 is 24.3 Å². The van der Waals surface area contributed by atoms with Crippen molar-refractivity contribution in [3.8, 4) is 5.75 Å². The second kappa shape index (κ2) is 11.6. The average molecular weight is 763 g/mol. The van der Waals surface area contributed by atoms with Crippen LogP contribution in [0.1, 0.15) is 35.4 Å². The molecular formula is C40H29Br2NO5. The Morgan fingerprint density at radius 1 is 0.750 bits per heavy atom. The van der Waals surface area contributed by atoms with Crippen LogP contribution in [0.15, 0.2) is 130 Å². The zero-order chi connectivity index (χ0) is 33.3. The molecule has 0 aromatic heterocycles. The predicted octanol–water partition coefficient (Wildman–Crippen LogP) is 7.95. The number of nitrogens with zero attached hydrogens (tertiary/aromatic N) is 1. The van der Waals surface area contributed by atoms with E-state index < -0.39 is 35.0 Å². The van der Waals surface area contributed by atoms with Crippen molar-refractivity contribution >= 4 is 66.5 Å². The quantitative estimate of drug-likeness (QED) is 0.168. The molecule has 1 saturated carbocycles. The van der Waals surface area contributed by atoms with E-state index >= 15 is 4.79 Å². The van der Waals surface area contributed by atoms with Gasteiger partial charge < -0.3 is 5.11 Å². The van der Waals surface area contributed by atoms with E-state index in [9.17, 15) is 19.5 Å². The summed E-state index contributed by atoms with van der Waals surface area (Å²) in [4.78, 5) is 59.7. The van der Waals surface area contributed by atoms with Crippen molar-refractivity contribution in [2.75, 3.05) is 4.90 Å². The normalized spacial score (nSPS) is 28.0. The minimum Gasteiger partial charge on any atom is -0.508 e. The fraction of sp³-hybridized carbons (Fsp3) is 0.200. The van der Waals surface area contributed by atoms with Gasteiger partial charge in [0.05, 0.1) is 22.9 Å². The van der Waals surface area contributed by atoms with Crippen LogP contribution in [0.2, 0.25) is 0 Å². The molecular weight excluding hydrogens is 734 g/mol. The Morgan fingerprint density at radius 3 is 2.12 bits per heavy atom. The van der Waals surface area contributed by atoms with Crippen LogP contribution in [-0.4, -0.2) is 28.5 Å². The lowest BCUT2D eigenvalue weighted by Crippen LogP contribution is -2.58. The maximum absolute atomic E-state index is 15.1. The van der Waals surface area contributed by atoms with E-state index in [1.807, 2.05) is 66.7 Å². The van der Waals surface area contributed by atoms with Crippen LogP contribution in [0, 0.1) is 23.7 Å². The number of carbonyl (C=O) groups excluding carboxylic acids is 4. The van der Waals surface area contributed by atoms with Gasteiger partial charge in [-0.2, -0.15) is 0 Å². The molecule has 48 heavy (non-hydrogen) atoms. The summed E-state index contributed by atoms with van der Waals surface area (Å²) < 4.78 is 1.53. The molecule has 1 heterocycles. The highest BCUT2D eigenvalue weighted by molar-refractivity contribution is 9.10. The van der Waals surface area contributed by atoms with Gasteiger partial charge in [-0.05, 0) is 78.4 Å². The van der Waals surface area contributed by atoms with Crippen molar-refractivity contribution in [3.05, 3.63) is 146 Å². The second-order valence-corrected chi connectivity index (χ2v) is 14.8. The lowest BCUT2D eigenvalue weighted by Gasteiger charge is -2.55. The number of phenolic OH excluding ortho intramolecular Hbond substituents is 1. The van der Waals surface area contributed by atoms with Gasteiger partial charge in [0.1, 0.15) is 5.75 Å². The largest absolute Gasteiger partial charge is 0.508 e. The molecule has 4 aromatic carbocycles. The second-order valence-electron chi connectivity index (χ2n) is 13.0. The number of phenols is 1. The number of rotatable bonds is 4. The maximum atomic E-state index is 15.1. The number of carbonyl (C=O) groups is 4. The van der Waals surface area contributed by atoms with E-state index in [4.69, 9.17) is 0 Å². The monoisotopic (exact) mass is 761 g/mol. The third kappa shape index (κ3) is 4.49. The summed E-state index contributed by atoms with van der Waals surface area (Å²) in [6, 6.07) is 30.7. The molecule has 4 aromatic rings. The Balaban J connectivity index is 1.37. The van der Waals surface area contributed by atoms with Crippen molar-refractivity contribution in [2.45, 2.75) is 24.2 Å². The number of halogens is 2. The third-order valence-electron chi connectivity index (χ3n) is 10.8. The summed E-state index contributed by atoms with van der Waals surface area (Å²) in [6.45, 7) is 0. The van der Waals surface area contributed by atoms with Crippen LogP contribution in [0.4, 0.5) is 5.69 Å². The Labute approximate surface area is 294 Å². The SMILES string of the molecule is O=C1C(c2ccccc2)=CC(=O)C2(c3ccccc3)C1CC1C(=CCC3C(=O)N(c4ccc(Br)cc4)C(=O)C31)C2c1cc(Br)ccc1O. The van der Waals surface area contributed by atoms with Gasteiger partial charge in [-0.15, -0.1) is 0 Å². The topological polar surface area (TPSA) is 91.8 Å². The van der Waals surface area contributed by atoms with Crippen LogP contribution in [-0.2, 0) is 24.6 Å². The molecule has 0 radical (unpaired) electrons. The third-order valence-corrected chi connectivity index (χ3v) is 11.8. The number of benzene rings is 4. The van der Waals surface area contributed by atoms with E-state index in [0.717, 1.165) is 10.0 Å². The minimum atomic E-state index is -1.40. The number of anilines is 1. The summed E-state index contributed by atoms with van der Waals surface area (Å²) in [5.74, 6) is -4.49. The van der Waals surface area contributed by atoms with E-state index in [2.05, 4.69) is 31.9 Å². The molecule has 6 atom stereocenters. The van der Waals surface area contributed by atoms with E-state index in [1.165, 1.54) is 11.0 Å². The van der Waals surface area contributed by atoms with Crippen LogP contribution in [0.3, 0.4) is 0 Å². The molecule has 1 aliphatic heterocycles. The van der Waals surface area contributed by atoms with Gasteiger partial charge in [0, 0.05) is 31.9 Å². The summed E-state index contributed by atoms with van der Waals surface area (Å²) in [7, 11) is 0. The first-order valence-corrected chi connectivity index (χ1v) is 17.5. The molecule has 8 rings (SSSR count). The number of ketones is 2. The maximum Gasteiger partial charge on any atom is 0.238 e. The van der Waals surface area contributed by atoms with Gasteiger partial charge in [-0.1, -0.05) is 104 Å². The smallest absolute Gasteiger partial charge is 0.238 e. The molecule has 2 fully saturated rings. The molecule has 238 valence electrons. The Bertz CT molecular complexity index is 2070. The number of imide groups is 1. The van der Waals surface area contributed by atoms with E-state index in [1.54, 1.807) is 42.5 Å². The Hall–Kier alpha value is -4.40. The number of aromatic hydroxyl groups is 1. The van der Waals surface area contributed by atoms with Gasteiger partial charge in [-0.25, -0.2) is 0 Å². The number of amides is 2. The van der Waals surface area contributed by atoms with E-state index in [0.29, 0.717) is 38.8 Å². The molecule has 0 spiro atoms. The first-order valence-electron chi connectivity index (χ1n) is 15.9. The summed E-state index contributed by atoms with van der Waals surface area (Å²) in [5.41, 5.74) is 2.05. The van der Waals surface area contributed by atoms with Gasteiger partial charge in [-0.3, -0.25) is 24.1 Å². The first kappa shape index (κ1) is 30.9. The zero-order valence-electron chi connectivity index (χ0n) is 25.6. The highest BCUT2D eigenvalue weighted by Crippen LogP contribution is 2.64. The Morgan fingerprint density at radius 2 is 1.42 bits per heavy atom. The number of fused-ring (bicyclic) bond motifs is 4. The lowest BCUT2D eigenvalue weighted by atomic mass is 9.44. The van der Waals surface area contributed by atoms with Gasteiger partial charge in [0.25, 0.3) is 0 Å². The molecule has 4 aliphatic rings. The minimum absolute atomic E-state index is 0.00988. The fourth-order valence-electron chi connectivity index (χ4n) is 8.82. The molecule has 6 unspecified atom stereocenters. The Kier molecular flexibility index (Phi) is 7.49. The van der Waals surface area contributed by atoms with E-state index in [-0.39, 0.29) is 35.6 Å². The van der Waals surface area contributed by atoms with Crippen molar-refractivity contribution in [1.82, 2.24) is 0 Å². The molecule has 6 nitrogen and oxygen atoms in total. The van der Waals surface area contributed by atoms with Gasteiger partial charge in [0.15, 0.2) is 11.6 Å². The highest BCUT2D eigenvalue weighted by atomic mass is 79.9. The van der Waals surface area contributed by atoms with Crippen LogP contribution in [0.5, 0.6) is 5.75 Å². The summed E-state index contributed by atoms with van der Waals surface area (Å²) >= 11 is 7.01. The molecule has 3 aliphatic carbocycles. The number of hydrogen-bond acceptors (Lipinski definition) is 5. The molecule has 0 bridgehead atoms. The molecule has 2 amide bonds. The predicted molar refractivity (Wildman–Crippen MR) is 189 cm³/mol. The number of Topliss-reactive ketones (excluding diaryl/α,β-unsaturated/α-hetero) is 1. The van der Waals surface area contributed by atoms with Crippen molar-refractivity contribution in [2.24, 2.45) is 23.7 Å². The molecule has 8 heteroatoms. The average Bonchev–Trinajstić information content (AvgIpc) is 3.36. The van der Waals surface area contributed by atoms with Crippen LogP contribution in [0.25, 0.3) is 5.57 Å². The van der Waals surface area contributed by atoms with Gasteiger partial charge in [0.2, 0.25) is 11.8 Å². The highest BCUT2D eigenvalue weighted by Gasteiger charge is 2.66. The van der Waals surface area contributed by atoms with Gasteiger partial charge >= 0.3 is 0 Å².